The SMILES string of the molecule is CCCCc1cc2c3c(c1)N(c1ccc(-c4ccccc4)cc1)c1ccc(-c4ccccc4)cc1B3N1c3ccccc3C(c3ccccc3)(c3ccccc3)c3cccc-2c31. The van der Waals surface area contributed by atoms with Gasteiger partial charge in [0, 0.05) is 34.0 Å². The van der Waals surface area contributed by atoms with E-state index in [1.807, 2.05) is 0 Å². The average Bonchev–Trinajstić information content (AvgIpc) is 3.35. The van der Waals surface area contributed by atoms with Gasteiger partial charge in [-0.15, -0.1) is 0 Å². The molecule has 0 N–H and O–H groups in total. The van der Waals surface area contributed by atoms with Crippen molar-refractivity contribution in [1.29, 1.82) is 0 Å². The van der Waals surface area contributed by atoms with Gasteiger partial charge in [-0.2, -0.15) is 0 Å². The van der Waals surface area contributed by atoms with Crippen LogP contribution in [0.15, 0.2) is 218 Å². The van der Waals surface area contributed by atoms with Crippen LogP contribution in [-0.2, 0) is 11.8 Å². The van der Waals surface area contributed by atoms with E-state index in [0.29, 0.717) is 0 Å². The minimum atomic E-state index is -0.545. The van der Waals surface area contributed by atoms with Crippen LogP contribution >= 0.6 is 0 Å². The van der Waals surface area contributed by atoms with Gasteiger partial charge in [0.1, 0.15) is 0 Å². The monoisotopic (exact) mass is 792 g/mol. The molecule has 0 bridgehead atoms. The number of benzene rings is 9. The first-order valence-electron chi connectivity index (χ1n) is 22.2. The van der Waals surface area contributed by atoms with Crippen LogP contribution in [0.4, 0.5) is 28.4 Å². The lowest BCUT2D eigenvalue weighted by Crippen LogP contribution is -2.63. The highest BCUT2D eigenvalue weighted by atomic mass is 15.2. The second-order valence-electron chi connectivity index (χ2n) is 17.0. The number of hydrogen-bond donors (Lipinski definition) is 0. The minimum Gasteiger partial charge on any atom is -0.376 e. The Morgan fingerprint density at radius 3 is 1.71 bits per heavy atom. The summed E-state index contributed by atoms with van der Waals surface area (Å²) >= 11 is 0. The highest BCUT2D eigenvalue weighted by molar-refractivity contribution is 6.93. The summed E-state index contributed by atoms with van der Waals surface area (Å²) in [4.78, 5) is 5.29. The van der Waals surface area contributed by atoms with Gasteiger partial charge in [-0.25, -0.2) is 0 Å². The molecular weight excluding hydrogens is 747 g/mol. The second kappa shape index (κ2) is 14.7. The third kappa shape index (κ3) is 5.44. The zero-order valence-corrected chi connectivity index (χ0v) is 34.9. The normalized spacial score (nSPS) is 13.8. The molecule has 0 aromatic heterocycles. The molecule has 62 heavy (non-hydrogen) atoms. The Labute approximate surface area is 365 Å². The zero-order valence-electron chi connectivity index (χ0n) is 34.9. The Morgan fingerprint density at radius 2 is 1.03 bits per heavy atom. The molecule has 0 saturated heterocycles. The third-order valence-electron chi connectivity index (χ3n) is 13.7. The van der Waals surface area contributed by atoms with E-state index in [-0.39, 0.29) is 6.85 Å². The lowest BCUT2D eigenvalue weighted by atomic mass is 9.42. The van der Waals surface area contributed by atoms with E-state index in [2.05, 4.69) is 235 Å². The van der Waals surface area contributed by atoms with Gasteiger partial charge >= 0.3 is 6.85 Å². The number of para-hydroxylation sites is 2. The number of nitrogens with zero attached hydrogens (tertiary/aromatic N) is 2. The van der Waals surface area contributed by atoms with Crippen molar-refractivity contribution in [3.05, 3.63) is 246 Å². The first kappa shape index (κ1) is 36.5. The van der Waals surface area contributed by atoms with Crippen molar-refractivity contribution in [2.45, 2.75) is 31.6 Å². The van der Waals surface area contributed by atoms with Gasteiger partial charge in [-0.05, 0) is 110 Å². The van der Waals surface area contributed by atoms with Crippen molar-refractivity contribution in [3.8, 4) is 33.4 Å². The van der Waals surface area contributed by atoms with Crippen molar-refractivity contribution in [2.24, 2.45) is 0 Å². The van der Waals surface area contributed by atoms with Crippen LogP contribution in [0, 0.1) is 0 Å². The molecule has 3 aliphatic heterocycles. The van der Waals surface area contributed by atoms with E-state index >= 15 is 0 Å². The van der Waals surface area contributed by atoms with Crippen LogP contribution in [0.2, 0.25) is 0 Å². The summed E-state index contributed by atoms with van der Waals surface area (Å²) < 4.78 is 0. The van der Waals surface area contributed by atoms with Crippen molar-refractivity contribution in [3.63, 3.8) is 0 Å². The van der Waals surface area contributed by atoms with Crippen molar-refractivity contribution in [1.82, 2.24) is 0 Å². The van der Waals surface area contributed by atoms with E-state index in [0.717, 1.165) is 24.9 Å². The molecule has 0 fully saturated rings. The maximum absolute atomic E-state index is 2.73. The predicted octanol–water partition coefficient (Wildman–Crippen LogP) is 13.8. The summed E-state index contributed by atoms with van der Waals surface area (Å²) in [7, 11) is 0. The minimum absolute atomic E-state index is 0.0851. The summed E-state index contributed by atoms with van der Waals surface area (Å²) in [5.74, 6) is 0. The summed E-state index contributed by atoms with van der Waals surface area (Å²) in [5, 5.41) is 0. The topological polar surface area (TPSA) is 6.48 Å². The molecular formula is C59H45BN2. The fourth-order valence-electron chi connectivity index (χ4n) is 11.0. The molecule has 0 spiro atoms. The molecule has 0 aliphatic carbocycles. The fraction of sp³-hybridized carbons (Fsp3) is 0.0847. The van der Waals surface area contributed by atoms with Crippen LogP contribution in [-0.4, -0.2) is 6.85 Å². The summed E-state index contributed by atoms with van der Waals surface area (Å²) in [6.07, 6.45) is 3.32. The zero-order chi connectivity index (χ0) is 41.2. The molecule has 0 saturated carbocycles. The molecule has 294 valence electrons. The van der Waals surface area contributed by atoms with Crippen LogP contribution in [0.1, 0.15) is 47.6 Å². The molecule has 9 aromatic carbocycles. The molecule has 9 aromatic rings. The van der Waals surface area contributed by atoms with Gasteiger partial charge in [-0.3, -0.25) is 0 Å². The first-order chi connectivity index (χ1) is 30.7. The highest BCUT2D eigenvalue weighted by Crippen LogP contribution is 2.60. The van der Waals surface area contributed by atoms with Gasteiger partial charge in [0.05, 0.1) is 5.41 Å². The fourth-order valence-corrected chi connectivity index (χ4v) is 11.0. The number of unbranched alkanes of at least 4 members (excludes halogenated alkanes) is 1. The van der Waals surface area contributed by atoms with E-state index in [1.54, 1.807) is 0 Å². The van der Waals surface area contributed by atoms with Gasteiger partial charge in [-0.1, -0.05) is 201 Å². The van der Waals surface area contributed by atoms with Gasteiger partial charge in [0.25, 0.3) is 0 Å². The van der Waals surface area contributed by atoms with E-state index < -0.39 is 5.41 Å². The van der Waals surface area contributed by atoms with Gasteiger partial charge in [0.15, 0.2) is 0 Å². The maximum Gasteiger partial charge on any atom is 0.333 e. The smallest absolute Gasteiger partial charge is 0.333 e. The lowest BCUT2D eigenvalue weighted by molar-refractivity contribution is 0.734. The Kier molecular flexibility index (Phi) is 8.64. The Bertz CT molecular complexity index is 3070. The number of aryl methyl sites for hydroxylation is 1. The van der Waals surface area contributed by atoms with E-state index in [4.69, 9.17) is 0 Å². The molecule has 0 amide bonds. The largest absolute Gasteiger partial charge is 0.376 e. The van der Waals surface area contributed by atoms with Crippen LogP contribution in [0.5, 0.6) is 0 Å². The Morgan fingerprint density at radius 1 is 0.452 bits per heavy atom. The molecule has 2 nitrogen and oxygen atoms in total. The third-order valence-corrected chi connectivity index (χ3v) is 13.7. The molecule has 0 unspecified atom stereocenters. The summed E-state index contributed by atoms with van der Waals surface area (Å²) in [6.45, 7) is 2.22. The average molecular weight is 793 g/mol. The molecule has 3 aliphatic rings. The van der Waals surface area contributed by atoms with Crippen molar-refractivity contribution >= 4 is 46.2 Å². The first-order valence-corrected chi connectivity index (χ1v) is 22.2. The van der Waals surface area contributed by atoms with Crippen molar-refractivity contribution < 1.29 is 0 Å². The molecule has 3 heterocycles. The van der Waals surface area contributed by atoms with Gasteiger partial charge in [0.2, 0.25) is 0 Å². The molecule has 0 atom stereocenters. The Hall–Kier alpha value is -7.36. The number of rotatable bonds is 8. The number of anilines is 5. The van der Waals surface area contributed by atoms with Crippen LogP contribution in [0.25, 0.3) is 33.4 Å². The van der Waals surface area contributed by atoms with Crippen LogP contribution < -0.4 is 20.6 Å². The quantitative estimate of drug-likeness (QED) is 0.141. The summed E-state index contributed by atoms with van der Waals surface area (Å²) in [5.41, 5.74) is 22.4. The second-order valence-corrected chi connectivity index (χ2v) is 17.0. The van der Waals surface area contributed by atoms with Gasteiger partial charge < -0.3 is 9.71 Å². The predicted molar refractivity (Wildman–Crippen MR) is 262 cm³/mol. The highest BCUT2D eigenvalue weighted by Gasteiger charge is 2.53. The van der Waals surface area contributed by atoms with Crippen molar-refractivity contribution in [2.75, 3.05) is 9.71 Å². The summed E-state index contributed by atoms with van der Waals surface area (Å²) in [6, 6.07) is 81.9. The molecule has 3 heteroatoms. The number of hydrogen-bond acceptors (Lipinski definition) is 2. The Balaban J connectivity index is 1.19. The standard InChI is InChI=1S/C59H45BN2/c1-2-3-19-41-38-50-49-28-18-30-52-58(49)62(54-31-17-16-29-51(54)59(52,46-24-12-6-13-25-46)47-26-14-7-15-27-47)60-53-40-45(43-22-10-5-11-23-43)34-37-55(53)61(56(39-41)57(50)60)48-35-32-44(33-36-48)42-20-8-4-9-21-42/h4-18,20-40H,2-3,19H2,1H3. The molecule has 12 rings (SSSR count). The molecule has 0 radical (unpaired) electrons. The maximum atomic E-state index is 2.73. The van der Waals surface area contributed by atoms with Crippen LogP contribution in [0.3, 0.4) is 0 Å². The number of fused-ring (bicyclic) bond motifs is 6. The lowest BCUT2D eigenvalue weighted by Gasteiger charge is -2.53. The van der Waals surface area contributed by atoms with E-state index in [9.17, 15) is 0 Å². The van der Waals surface area contributed by atoms with E-state index in [1.165, 1.54) is 94.9 Å².